The van der Waals surface area contributed by atoms with Gasteiger partial charge in [-0.1, -0.05) is 12.1 Å². The maximum atomic E-state index is 11.2. The number of primary sulfonamides is 1. The van der Waals surface area contributed by atoms with Gasteiger partial charge in [0.05, 0.1) is 10.9 Å². The molecule has 0 saturated heterocycles. The minimum atomic E-state index is -3.65. The summed E-state index contributed by atoms with van der Waals surface area (Å²) in [4.78, 5) is 0.105. The Morgan fingerprint density at radius 1 is 1.10 bits per heavy atom. The summed E-state index contributed by atoms with van der Waals surface area (Å²) in [6.45, 7) is 3.93. The van der Waals surface area contributed by atoms with Gasteiger partial charge in [0.25, 0.3) is 0 Å². The van der Waals surface area contributed by atoms with Crippen LogP contribution in [-0.4, -0.2) is 35.0 Å². The van der Waals surface area contributed by atoms with Gasteiger partial charge in [-0.25, -0.2) is 13.6 Å². The average molecular weight is 302 g/mol. The van der Waals surface area contributed by atoms with E-state index in [2.05, 4.69) is 5.32 Å². The predicted molar refractivity (Wildman–Crippen MR) is 76.6 cm³/mol. The molecule has 0 aromatic heterocycles. The maximum absolute atomic E-state index is 11.2. The van der Waals surface area contributed by atoms with Crippen LogP contribution in [0.4, 0.5) is 0 Å². The van der Waals surface area contributed by atoms with Crippen molar-refractivity contribution < 1.29 is 17.9 Å². The van der Waals surface area contributed by atoms with Crippen molar-refractivity contribution in [3.63, 3.8) is 0 Å². The van der Waals surface area contributed by atoms with Gasteiger partial charge in [-0.05, 0) is 31.5 Å². The average Bonchev–Trinajstić information content (AvgIpc) is 2.39. The molecule has 7 heteroatoms. The van der Waals surface area contributed by atoms with Crippen LogP contribution in [0.3, 0.4) is 0 Å². The summed E-state index contributed by atoms with van der Waals surface area (Å²) >= 11 is 0. The molecule has 0 aliphatic rings. The fourth-order valence-electron chi connectivity index (χ4n) is 2.02. The third-order valence-corrected chi connectivity index (χ3v) is 4.02. The zero-order valence-electron chi connectivity index (χ0n) is 12.2. The van der Waals surface area contributed by atoms with Gasteiger partial charge in [0.1, 0.15) is 0 Å². The SMILES string of the molecule is COC(OC)C(C)NC(C)c1ccc(S(N)(=O)=O)cc1. The van der Waals surface area contributed by atoms with Gasteiger partial charge in [-0.2, -0.15) is 0 Å². The summed E-state index contributed by atoms with van der Waals surface area (Å²) in [5, 5.41) is 8.39. The van der Waals surface area contributed by atoms with Crippen molar-refractivity contribution >= 4 is 10.0 Å². The van der Waals surface area contributed by atoms with Crippen LogP contribution in [0.5, 0.6) is 0 Å². The zero-order valence-corrected chi connectivity index (χ0v) is 13.0. The first-order valence-corrected chi connectivity index (χ1v) is 7.78. The number of benzene rings is 1. The summed E-state index contributed by atoms with van der Waals surface area (Å²) in [6.07, 6.45) is -0.346. The van der Waals surface area contributed by atoms with Gasteiger partial charge in [-0.15, -0.1) is 0 Å². The molecule has 0 bridgehead atoms. The van der Waals surface area contributed by atoms with E-state index in [-0.39, 0.29) is 23.3 Å². The highest BCUT2D eigenvalue weighted by Gasteiger charge is 2.18. The summed E-state index contributed by atoms with van der Waals surface area (Å²) in [5.41, 5.74) is 0.954. The van der Waals surface area contributed by atoms with E-state index in [1.165, 1.54) is 12.1 Å². The number of ether oxygens (including phenoxy) is 2. The first kappa shape index (κ1) is 17.1. The minimum absolute atomic E-state index is 0.0158. The van der Waals surface area contributed by atoms with Crippen molar-refractivity contribution in [1.82, 2.24) is 5.32 Å². The summed E-state index contributed by atoms with van der Waals surface area (Å²) < 4.78 is 32.7. The molecule has 20 heavy (non-hydrogen) atoms. The third kappa shape index (κ3) is 4.53. The Bertz CT molecular complexity index is 512. The monoisotopic (exact) mass is 302 g/mol. The molecule has 6 nitrogen and oxygen atoms in total. The Morgan fingerprint density at radius 3 is 2.00 bits per heavy atom. The maximum Gasteiger partial charge on any atom is 0.238 e. The smallest absolute Gasteiger partial charge is 0.238 e. The Labute approximate surface area is 120 Å². The number of hydrogen-bond donors (Lipinski definition) is 2. The van der Waals surface area contributed by atoms with Crippen LogP contribution in [0.1, 0.15) is 25.5 Å². The third-order valence-electron chi connectivity index (χ3n) is 3.09. The van der Waals surface area contributed by atoms with Crippen LogP contribution < -0.4 is 10.5 Å². The molecular weight excluding hydrogens is 280 g/mol. The lowest BCUT2D eigenvalue weighted by Crippen LogP contribution is -2.40. The summed E-state index contributed by atoms with van der Waals surface area (Å²) in [6, 6.07) is 6.47. The van der Waals surface area contributed by atoms with Crippen LogP contribution in [0.25, 0.3) is 0 Å². The van der Waals surface area contributed by atoms with Gasteiger partial charge >= 0.3 is 0 Å². The van der Waals surface area contributed by atoms with E-state index in [0.717, 1.165) is 5.56 Å². The number of nitrogens with one attached hydrogen (secondary N) is 1. The number of sulfonamides is 1. The van der Waals surface area contributed by atoms with Gasteiger partial charge < -0.3 is 14.8 Å². The Morgan fingerprint density at radius 2 is 1.60 bits per heavy atom. The zero-order chi connectivity index (χ0) is 15.3. The molecule has 0 aliphatic heterocycles. The highest BCUT2D eigenvalue weighted by atomic mass is 32.2. The highest BCUT2D eigenvalue weighted by molar-refractivity contribution is 7.89. The lowest BCUT2D eigenvalue weighted by molar-refractivity contribution is -0.120. The Balaban J connectivity index is 2.75. The first-order chi connectivity index (χ1) is 9.29. The fourth-order valence-corrected chi connectivity index (χ4v) is 2.54. The van der Waals surface area contributed by atoms with Crippen LogP contribution in [-0.2, 0) is 19.5 Å². The van der Waals surface area contributed by atoms with Crippen LogP contribution in [0, 0.1) is 0 Å². The molecular formula is C13H22N2O4S. The molecule has 0 amide bonds. The highest BCUT2D eigenvalue weighted by Crippen LogP contribution is 2.17. The number of hydrogen-bond acceptors (Lipinski definition) is 5. The Kier molecular flexibility index (Phi) is 6.09. The van der Waals surface area contributed by atoms with Gasteiger partial charge in [0.15, 0.2) is 6.29 Å². The first-order valence-electron chi connectivity index (χ1n) is 6.24. The second-order valence-corrected chi connectivity index (χ2v) is 6.19. The topological polar surface area (TPSA) is 90.7 Å². The van der Waals surface area contributed by atoms with Crippen LogP contribution >= 0.6 is 0 Å². The largest absolute Gasteiger partial charge is 0.354 e. The number of methoxy groups -OCH3 is 2. The second kappa shape index (κ2) is 7.14. The molecule has 0 fully saturated rings. The molecule has 0 saturated carbocycles. The van der Waals surface area contributed by atoms with Crippen molar-refractivity contribution in [2.45, 2.75) is 37.1 Å². The molecule has 2 atom stereocenters. The van der Waals surface area contributed by atoms with Gasteiger partial charge in [0.2, 0.25) is 10.0 Å². The standard InChI is InChI=1S/C13H22N2O4S/c1-9(15-10(2)13(18-3)19-4)11-5-7-12(8-6-11)20(14,16)17/h5-10,13,15H,1-4H3,(H2,14,16,17). The fraction of sp³-hybridized carbons (Fsp3) is 0.538. The molecule has 0 heterocycles. The molecule has 1 aromatic rings. The lowest BCUT2D eigenvalue weighted by Gasteiger charge is -2.26. The summed E-state index contributed by atoms with van der Waals surface area (Å²) in [7, 11) is -0.488. The quantitative estimate of drug-likeness (QED) is 0.733. The van der Waals surface area contributed by atoms with E-state index in [9.17, 15) is 8.42 Å². The molecule has 0 radical (unpaired) electrons. The van der Waals surface area contributed by atoms with E-state index in [1.807, 2.05) is 13.8 Å². The van der Waals surface area contributed by atoms with E-state index in [1.54, 1.807) is 26.4 Å². The van der Waals surface area contributed by atoms with Gasteiger partial charge in [0, 0.05) is 20.3 Å². The van der Waals surface area contributed by atoms with E-state index >= 15 is 0 Å². The van der Waals surface area contributed by atoms with Crippen LogP contribution in [0.2, 0.25) is 0 Å². The molecule has 0 spiro atoms. The van der Waals surface area contributed by atoms with E-state index in [0.29, 0.717) is 0 Å². The summed E-state index contributed by atoms with van der Waals surface area (Å²) in [5.74, 6) is 0. The molecule has 0 aliphatic carbocycles. The number of rotatable bonds is 7. The molecule has 1 aromatic carbocycles. The molecule has 3 N–H and O–H groups in total. The Hall–Kier alpha value is -0.990. The van der Waals surface area contributed by atoms with Crippen LogP contribution in [0.15, 0.2) is 29.2 Å². The predicted octanol–water partition coefficient (Wildman–Crippen LogP) is 0.992. The van der Waals surface area contributed by atoms with Crippen molar-refractivity contribution in [3.05, 3.63) is 29.8 Å². The van der Waals surface area contributed by atoms with E-state index < -0.39 is 10.0 Å². The molecule has 1 rings (SSSR count). The van der Waals surface area contributed by atoms with Gasteiger partial charge in [-0.3, -0.25) is 0 Å². The van der Waals surface area contributed by atoms with Crippen molar-refractivity contribution in [1.29, 1.82) is 0 Å². The normalized spacial score (nSPS) is 15.3. The van der Waals surface area contributed by atoms with Crippen molar-refractivity contribution in [2.24, 2.45) is 5.14 Å². The second-order valence-electron chi connectivity index (χ2n) is 4.63. The minimum Gasteiger partial charge on any atom is -0.354 e. The lowest BCUT2D eigenvalue weighted by atomic mass is 10.1. The number of nitrogens with two attached hydrogens (primary N) is 1. The van der Waals surface area contributed by atoms with Crippen molar-refractivity contribution in [2.75, 3.05) is 14.2 Å². The van der Waals surface area contributed by atoms with Crippen molar-refractivity contribution in [3.8, 4) is 0 Å². The molecule has 2 unspecified atom stereocenters. The van der Waals surface area contributed by atoms with E-state index in [4.69, 9.17) is 14.6 Å². The molecule has 114 valence electrons.